The van der Waals surface area contributed by atoms with Gasteiger partial charge in [-0.1, -0.05) is 18.2 Å². The molecule has 0 unspecified atom stereocenters. The highest BCUT2D eigenvalue weighted by molar-refractivity contribution is 5.83. The predicted molar refractivity (Wildman–Crippen MR) is 85.5 cm³/mol. The van der Waals surface area contributed by atoms with E-state index in [9.17, 15) is 14.9 Å². The lowest BCUT2D eigenvalue weighted by Crippen LogP contribution is -2.24. The number of benzene rings is 2. The Morgan fingerprint density at radius 1 is 1.26 bits per heavy atom. The molecule has 0 aliphatic carbocycles. The van der Waals surface area contributed by atoms with Gasteiger partial charge in [-0.15, -0.1) is 0 Å². The monoisotopic (exact) mass is 313 g/mol. The molecule has 7 nitrogen and oxygen atoms in total. The van der Waals surface area contributed by atoms with Crippen molar-refractivity contribution in [1.29, 1.82) is 0 Å². The SMILES string of the molecule is Cc1ccccc1OCC(=O)NN=Cc1ccc([N+](=O)[O-])cc1. The number of para-hydroxylation sites is 1. The highest BCUT2D eigenvalue weighted by Crippen LogP contribution is 2.15. The van der Waals surface area contributed by atoms with Crippen LogP contribution in [-0.4, -0.2) is 23.7 Å². The lowest BCUT2D eigenvalue weighted by atomic mass is 10.2. The molecular formula is C16H15N3O4. The van der Waals surface area contributed by atoms with Crippen LogP contribution in [0.25, 0.3) is 0 Å². The Morgan fingerprint density at radius 2 is 1.96 bits per heavy atom. The number of nitrogens with one attached hydrogen (secondary N) is 1. The van der Waals surface area contributed by atoms with E-state index in [1.807, 2.05) is 25.1 Å². The standard InChI is InChI=1S/C16H15N3O4/c1-12-4-2-3-5-15(12)23-11-16(20)18-17-10-13-6-8-14(9-7-13)19(21)22/h2-10H,11H2,1H3,(H,18,20). The molecule has 2 rings (SSSR count). The molecule has 0 atom stereocenters. The van der Waals surface area contributed by atoms with Crippen molar-refractivity contribution in [3.8, 4) is 5.75 Å². The van der Waals surface area contributed by atoms with Crippen LogP contribution in [-0.2, 0) is 4.79 Å². The number of rotatable bonds is 6. The van der Waals surface area contributed by atoms with Crippen LogP contribution in [0.1, 0.15) is 11.1 Å². The molecular weight excluding hydrogens is 298 g/mol. The van der Waals surface area contributed by atoms with Gasteiger partial charge in [0.1, 0.15) is 5.75 Å². The number of hydrogen-bond donors (Lipinski definition) is 1. The van der Waals surface area contributed by atoms with E-state index in [0.29, 0.717) is 11.3 Å². The molecule has 0 heterocycles. The molecule has 0 aliphatic rings. The molecule has 0 saturated heterocycles. The number of nitro benzene ring substituents is 1. The van der Waals surface area contributed by atoms with Gasteiger partial charge in [0.15, 0.2) is 6.61 Å². The van der Waals surface area contributed by atoms with Gasteiger partial charge in [-0.2, -0.15) is 5.10 Å². The van der Waals surface area contributed by atoms with E-state index in [-0.39, 0.29) is 12.3 Å². The summed E-state index contributed by atoms with van der Waals surface area (Å²) in [4.78, 5) is 21.7. The van der Waals surface area contributed by atoms with Crippen LogP contribution in [0.15, 0.2) is 53.6 Å². The van der Waals surface area contributed by atoms with Crippen LogP contribution in [0.5, 0.6) is 5.75 Å². The topological polar surface area (TPSA) is 93.8 Å². The van der Waals surface area contributed by atoms with Gasteiger partial charge in [0.05, 0.1) is 11.1 Å². The van der Waals surface area contributed by atoms with Gasteiger partial charge >= 0.3 is 0 Å². The summed E-state index contributed by atoms with van der Waals surface area (Å²) in [6, 6.07) is 13.2. The van der Waals surface area contributed by atoms with Gasteiger partial charge in [-0.3, -0.25) is 14.9 Å². The molecule has 2 aromatic carbocycles. The van der Waals surface area contributed by atoms with Gasteiger partial charge in [-0.05, 0) is 36.2 Å². The Balaban J connectivity index is 1.82. The predicted octanol–water partition coefficient (Wildman–Crippen LogP) is 2.43. The fourth-order valence-corrected chi connectivity index (χ4v) is 1.75. The summed E-state index contributed by atoms with van der Waals surface area (Å²) >= 11 is 0. The maximum absolute atomic E-state index is 11.6. The summed E-state index contributed by atoms with van der Waals surface area (Å²) in [7, 11) is 0. The summed E-state index contributed by atoms with van der Waals surface area (Å²) in [5.74, 6) is 0.244. The van der Waals surface area contributed by atoms with Crippen molar-refractivity contribution in [3.63, 3.8) is 0 Å². The molecule has 0 aromatic heterocycles. The zero-order valence-electron chi connectivity index (χ0n) is 12.4. The second-order valence-corrected chi connectivity index (χ2v) is 4.70. The first kappa shape index (κ1) is 16.2. The van der Waals surface area contributed by atoms with Crippen molar-refractivity contribution in [3.05, 3.63) is 69.8 Å². The number of carbonyl (C=O) groups excluding carboxylic acids is 1. The first-order valence-electron chi connectivity index (χ1n) is 6.81. The molecule has 0 fully saturated rings. The third-order valence-electron chi connectivity index (χ3n) is 2.96. The minimum Gasteiger partial charge on any atom is -0.483 e. The number of amides is 1. The highest BCUT2D eigenvalue weighted by Gasteiger charge is 2.04. The number of non-ortho nitro benzene ring substituents is 1. The smallest absolute Gasteiger partial charge is 0.277 e. The molecule has 118 valence electrons. The average molecular weight is 313 g/mol. The first-order valence-corrected chi connectivity index (χ1v) is 6.81. The average Bonchev–Trinajstić information content (AvgIpc) is 2.54. The number of hydrazone groups is 1. The molecule has 0 bridgehead atoms. The van der Waals surface area contributed by atoms with Crippen molar-refractivity contribution in [2.75, 3.05) is 6.61 Å². The van der Waals surface area contributed by atoms with Gasteiger partial charge in [0.2, 0.25) is 0 Å². The van der Waals surface area contributed by atoms with Gasteiger partial charge in [0.25, 0.3) is 11.6 Å². The molecule has 0 aliphatic heterocycles. The number of nitro groups is 1. The summed E-state index contributed by atoms with van der Waals surface area (Å²) in [5, 5.41) is 14.3. The highest BCUT2D eigenvalue weighted by atomic mass is 16.6. The van der Waals surface area contributed by atoms with E-state index in [0.717, 1.165) is 5.56 Å². The third kappa shape index (κ3) is 4.92. The second kappa shape index (κ2) is 7.69. The van der Waals surface area contributed by atoms with Crippen molar-refractivity contribution in [2.24, 2.45) is 5.10 Å². The number of nitrogens with zero attached hydrogens (tertiary/aromatic N) is 2. The summed E-state index contributed by atoms with van der Waals surface area (Å²) in [5.41, 5.74) is 3.90. The van der Waals surface area contributed by atoms with E-state index in [4.69, 9.17) is 4.74 Å². The van der Waals surface area contributed by atoms with E-state index in [1.54, 1.807) is 6.07 Å². The molecule has 1 N–H and O–H groups in total. The lowest BCUT2D eigenvalue weighted by molar-refractivity contribution is -0.384. The van der Waals surface area contributed by atoms with Gasteiger partial charge in [-0.25, -0.2) is 5.43 Å². The Hall–Kier alpha value is -3.22. The van der Waals surface area contributed by atoms with Crippen LogP contribution in [0, 0.1) is 17.0 Å². The molecule has 7 heteroatoms. The van der Waals surface area contributed by atoms with E-state index in [1.165, 1.54) is 30.5 Å². The summed E-state index contributed by atoms with van der Waals surface area (Å²) in [6.07, 6.45) is 1.40. The summed E-state index contributed by atoms with van der Waals surface area (Å²) in [6.45, 7) is 1.74. The molecule has 0 spiro atoms. The Morgan fingerprint density at radius 3 is 2.61 bits per heavy atom. The fourth-order valence-electron chi connectivity index (χ4n) is 1.75. The van der Waals surface area contributed by atoms with Gasteiger partial charge in [0, 0.05) is 12.1 Å². The molecule has 2 aromatic rings. The molecule has 0 radical (unpaired) electrons. The maximum atomic E-state index is 11.6. The normalized spacial score (nSPS) is 10.5. The van der Waals surface area contributed by atoms with Crippen molar-refractivity contribution in [2.45, 2.75) is 6.92 Å². The Kier molecular flexibility index (Phi) is 5.40. The number of aryl methyl sites for hydroxylation is 1. The molecule has 23 heavy (non-hydrogen) atoms. The van der Waals surface area contributed by atoms with Crippen LogP contribution >= 0.6 is 0 Å². The molecule has 1 amide bonds. The lowest BCUT2D eigenvalue weighted by Gasteiger charge is -2.07. The van der Waals surface area contributed by atoms with Crippen LogP contribution < -0.4 is 10.2 Å². The maximum Gasteiger partial charge on any atom is 0.277 e. The second-order valence-electron chi connectivity index (χ2n) is 4.70. The van der Waals surface area contributed by atoms with E-state index >= 15 is 0 Å². The largest absolute Gasteiger partial charge is 0.483 e. The quantitative estimate of drug-likeness (QED) is 0.503. The third-order valence-corrected chi connectivity index (χ3v) is 2.96. The Labute approximate surface area is 132 Å². The van der Waals surface area contributed by atoms with E-state index in [2.05, 4.69) is 10.5 Å². The van der Waals surface area contributed by atoms with Crippen LogP contribution in [0.3, 0.4) is 0 Å². The zero-order chi connectivity index (χ0) is 16.7. The van der Waals surface area contributed by atoms with Crippen molar-refractivity contribution < 1.29 is 14.5 Å². The van der Waals surface area contributed by atoms with Crippen molar-refractivity contribution >= 4 is 17.8 Å². The van der Waals surface area contributed by atoms with Crippen LogP contribution in [0.4, 0.5) is 5.69 Å². The van der Waals surface area contributed by atoms with Crippen molar-refractivity contribution in [1.82, 2.24) is 5.43 Å². The van der Waals surface area contributed by atoms with Crippen LogP contribution in [0.2, 0.25) is 0 Å². The summed E-state index contributed by atoms with van der Waals surface area (Å²) < 4.78 is 5.38. The minimum absolute atomic E-state index is 0.00202. The Bertz CT molecular complexity index is 726. The van der Waals surface area contributed by atoms with E-state index < -0.39 is 10.8 Å². The fraction of sp³-hybridized carbons (Fsp3) is 0.125. The molecule has 0 saturated carbocycles. The zero-order valence-corrected chi connectivity index (χ0v) is 12.4. The van der Waals surface area contributed by atoms with Gasteiger partial charge < -0.3 is 4.74 Å². The number of hydrogen-bond acceptors (Lipinski definition) is 5. The number of ether oxygens (including phenoxy) is 1. The number of carbonyl (C=O) groups is 1. The minimum atomic E-state index is -0.481. The first-order chi connectivity index (χ1) is 11.1.